The minimum Gasteiger partial charge on any atom is -0.480 e. The van der Waals surface area contributed by atoms with E-state index in [4.69, 9.17) is 0 Å². The summed E-state index contributed by atoms with van der Waals surface area (Å²) in [5.41, 5.74) is 0.731. The molecule has 0 unspecified atom stereocenters. The molecular weight excluding hydrogens is 448 g/mol. The van der Waals surface area contributed by atoms with E-state index >= 15 is 0 Å². The van der Waals surface area contributed by atoms with Gasteiger partial charge in [-0.1, -0.05) is 0 Å². The number of rotatable bonds is 5. The standard InChI is InChI=1S/C22H20N4O8/c1-23-20(30)18(21(31)24(2)22(23)32)17-16-13(4-3-5-14(16)27)25(10-15(28)29)19(17)11-6-8-12(9-7-11)26(33)34/h6-9,18H,3-5,10H2,1-2H3,(H,28,29). The predicted octanol–water partition coefficient (Wildman–Crippen LogP) is 1.80. The Balaban J connectivity index is 2.06. The topological polar surface area (TPSA) is 160 Å². The van der Waals surface area contributed by atoms with Gasteiger partial charge in [-0.25, -0.2) is 4.79 Å². The van der Waals surface area contributed by atoms with Gasteiger partial charge in [0.2, 0.25) is 11.8 Å². The number of aromatic nitrogens is 1. The molecule has 34 heavy (non-hydrogen) atoms. The van der Waals surface area contributed by atoms with Gasteiger partial charge in [-0.3, -0.25) is 39.1 Å². The summed E-state index contributed by atoms with van der Waals surface area (Å²) in [6.45, 7) is -0.554. The number of non-ortho nitro benzene ring substituents is 1. The molecule has 0 radical (unpaired) electrons. The van der Waals surface area contributed by atoms with Crippen molar-refractivity contribution in [3.05, 3.63) is 51.2 Å². The molecule has 1 aromatic heterocycles. The Morgan fingerprint density at radius 2 is 1.65 bits per heavy atom. The van der Waals surface area contributed by atoms with Gasteiger partial charge in [0, 0.05) is 49.5 Å². The molecule has 1 aromatic carbocycles. The van der Waals surface area contributed by atoms with E-state index in [2.05, 4.69) is 0 Å². The van der Waals surface area contributed by atoms with Crippen LogP contribution in [0.25, 0.3) is 11.3 Å². The number of imide groups is 2. The molecule has 0 atom stereocenters. The Labute approximate surface area is 192 Å². The quantitative estimate of drug-likeness (QED) is 0.395. The van der Waals surface area contributed by atoms with Crippen molar-refractivity contribution in [2.24, 2.45) is 0 Å². The largest absolute Gasteiger partial charge is 0.480 e. The van der Waals surface area contributed by atoms with Gasteiger partial charge in [0.05, 0.1) is 10.6 Å². The van der Waals surface area contributed by atoms with Crippen LogP contribution in [0.4, 0.5) is 10.5 Å². The Bertz CT molecular complexity index is 1250. The second-order valence-electron chi connectivity index (χ2n) is 8.15. The fourth-order valence-corrected chi connectivity index (χ4v) is 4.60. The highest BCUT2D eigenvalue weighted by atomic mass is 16.6. The summed E-state index contributed by atoms with van der Waals surface area (Å²) in [5, 5.41) is 20.7. The summed E-state index contributed by atoms with van der Waals surface area (Å²) in [6.07, 6.45) is 0.948. The summed E-state index contributed by atoms with van der Waals surface area (Å²) in [5.74, 6) is -4.79. The van der Waals surface area contributed by atoms with E-state index in [0.29, 0.717) is 24.1 Å². The molecule has 0 spiro atoms. The molecule has 1 N–H and O–H groups in total. The Hall–Kier alpha value is -4.35. The van der Waals surface area contributed by atoms with Crippen LogP contribution in [-0.4, -0.2) is 68.1 Å². The van der Waals surface area contributed by atoms with Gasteiger partial charge in [-0.2, -0.15) is 0 Å². The number of barbiturate groups is 1. The summed E-state index contributed by atoms with van der Waals surface area (Å²) >= 11 is 0. The zero-order valence-electron chi connectivity index (χ0n) is 18.3. The van der Waals surface area contributed by atoms with E-state index in [0.717, 1.165) is 9.80 Å². The second kappa shape index (κ2) is 8.21. The SMILES string of the molecule is CN1C(=O)C(c2c3c(n(CC(=O)O)c2-c2ccc([N+](=O)[O-])cc2)CCCC3=O)C(=O)N(C)C1=O. The van der Waals surface area contributed by atoms with Crippen LogP contribution in [0.1, 0.15) is 40.4 Å². The van der Waals surface area contributed by atoms with Crippen LogP contribution in [0.5, 0.6) is 0 Å². The summed E-state index contributed by atoms with van der Waals surface area (Å²) in [4.78, 5) is 75.5. The van der Waals surface area contributed by atoms with Gasteiger partial charge in [-0.05, 0) is 30.5 Å². The smallest absolute Gasteiger partial charge is 0.332 e. The van der Waals surface area contributed by atoms with Crippen LogP contribution in [0.2, 0.25) is 0 Å². The molecule has 2 aliphatic rings. The molecule has 2 heterocycles. The van der Waals surface area contributed by atoms with Crippen molar-refractivity contribution in [3.63, 3.8) is 0 Å². The van der Waals surface area contributed by atoms with Crippen molar-refractivity contribution < 1.29 is 34.0 Å². The zero-order chi connectivity index (χ0) is 24.9. The number of nitro groups is 1. The molecule has 0 saturated carbocycles. The lowest BCUT2D eigenvalue weighted by atomic mass is 9.84. The van der Waals surface area contributed by atoms with Crippen LogP contribution in [0.15, 0.2) is 24.3 Å². The van der Waals surface area contributed by atoms with Crippen molar-refractivity contribution in [3.8, 4) is 11.3 Å². The number of carbonyl (C=O) groups excluding carboxylic acids is 4. The maximum atomic E-state index is 13.2. The number of hydrogen-bond donors (Lipinski definition) is 1. The maximum Gasteiger partial charge on any atom is 0.332 e. The first-order valence-electron chi connectivity index (χ1n) is 10.4. The van der Waals surface area contributed by atoms with Crippen LogP contribution in [-0.2, 0) is 27.3 Å². The van der Waals surface area contributed by atoms with Gasteiger partial charge < -0.3 is 9.67 Å². The fraction of sp³-hybridized carbons (Fsp3) is 0.318. The highest BCUT2D eigenvalue weighted by Gasteiger charge is 2.48. The molecule has 1 saturated heterocycles. The molecule has 12 heteroatoms. The number of benzene rings is 1. The Morgan fingerprint density at radius 1 is 1.06 bits per heavy atom. The van der Waals surface area contributed by atoms with Crippen molar-refractivity contribution in [1.29, 1.82) is 0 Å². The van der Waals surface area contributed by atoms with Crippen LogP contribution < -0.4 is 0 Å². The number of aliphatic carboxylic acids is 1. The molecule has 0 bridgehead atoms. The van der Waals surface area contributed by atoms with Crippen LogP contribution in [0.3, 0.4) is 0 Å². The number of carboxylic acid groups (broad SMARTS) is 1. The first kappa shape index (κ1) is 22.8. The van der Waals surface area contributed by atoms with Gasteiger partial charge in [0.1, 0.15) is 12.5 Å². The minimum atomic E-state index is -1.55. The van der Waals surface area contributed by atoms with Crippen molar-refractivity contribution in [2.45, 2.75) is 31.7 Å². The molecule has 12 nitrogen and oxygen atoms in total. The third-order valence-corrected chi connectivity index (χ3v) is 6.17. The van der Waals surface area contributed by atoms with Gasteiger partial charge in [0.15, 0.2) is 5.78 Å². The molecule has 2 aromatic rings. The molecule has 176 valence electrons. The zero-order valence-corrected chi connectivity index (χ0v) is 18.3. The average molecular weight is 468 g/mol. The lowest BCUT2D eigenvalue weighted by molar-refractivity contribution is -0.384. The van der Waals surface area contributed by atoms with E-state index in [9.17, 15) is 39.2 Å². The number of likely N-dealkylation sites (N-methyl/N-ethyl adjacent to an activating group) is 2. The number of amides is 4. The number of hydrogen-bond acceptors (Lipinski definition) is 7. The number of Topliss-reactive ketones (excluding diaryl/α,β-unsaturated/α-hetero) is 1. The molecule has 4 amide bonds. The predicted molar refractivity (Wildman–Crippen MR) is 115 cm³/mol. The first-order chi connectivity index (χ1) is 16.0. The number of carbonyl (C=O) groups is 5. The van der Waals surface area contributed by atoms with Crippen LogP contribution >= 0.6 is 0 Å². The molecule has 4 rings (SSSR count). The minimum absolute atomic E-state index is 0.0241. The number of nitro benzene ring substituents is 1. The Kier molecular flexibility index (Phi) is 5.51. The van der Waals surface area contributed by atoms with Gasteiger partial charge in [0.25, 0.3) is 5.69 Å². The van der Waals surface area contributed by atoms with E-state index < -0.39 is 41.2 Å². The number of ketones is 1. The van der Waals surface area contributed by atoms with Gasteiger partial charge in [-0.15, -0.1) is 0 Å². The summed E-state index contributed by atoms with van der Waals surface area (Å²) < 4.78 is 1.38. The number of fused-ring (bicyclic) bond motifs is 1. The fourth-order valence-electron chi connectivity index (χ4n) is 4.60. The summed E-state index contributed by atoms with van der Waals surface area (Å²) in [7, 11) is 2.43. The number of urea groups is 1. The maximum absolute atomic E-state index is 13.2. The first-order valence-corrected chi connectivity index (χ1v) is 10.4. The second-order valence-corrected chi connectivity index (χ2v) is 8.15. The lowest BCUT2D eigenvalue weighted by Crippen LogP contribution is -2.56. The number of carboxylic acids is 1. The monoisotopic (exact) mass is 468 g/mol. The van der Waals surface area contributed by atoms with E-state index in [1.807, 2.05) is 0 Å². The Morgan fingerprint density at radius 3 is 2.18 bits per heavy atom. The molecule has 1 fully saturated rings. The van der Waals surface area contributed by atoms with Crippen LogP contribution in [0, 0.1) is 10.1 Å². The third-order valence-electron chi connectivity index (χ3n) is 6.17. The summed E-state index contributed by atoms with van der Waals surface area (Å²) in [6, 6.07) is 4.35. The molecule has 1 aliphatic carbocycles. The lowest BCUT2D eigenvalue weighted by Gasteiger charge is -2.33. The van der Waals surface area contributed by atoms with Crippen molar-refractivity contribution in [2.75, 3.05) is 14.1 Å². The van der Waals surface area contributed by atoms with E-state index in [-0.39, 0.29) is 34.7 Å². The van der Waals surface area contributed by atoms with Crippen molar-refractivity contribution in [1.82, 2.24) is 14.4 Å². The normalized spacial score (nSPS) is 16.8. The highest BCUT2D eigenvalue weighted by Crippen LogP contribution is 2.42. The van der Waals surface area contributed by atoms with Crippen molar-refractivity contribution >= 4 is 35.3 Å². The van der Waals surface area contributed by atoms with Gasteiger partial charge >= 0.3 is 12.0 Å². The third kappa shape index (κ3) is 3.43. The molecule has 1 aliphatic heterocycles. The highest BCUT2D eigenvalue weighted by molar-refractivity contribution is 6.21. The van der Waals surface area contributed by atoms with E-state index in [1.54, 1.807) is 0 Å². The molecular formula is C22H20N4O8. The average Bonchev–Trinajstić information content (AvgIpc) is 3.11. The number of nitrogens with zero attached hydrogens (tertiary/aromatic N) is 4. The van der Waals surface area contributed by atoms with E-state index in [1.165, 1.54) is 42.9 Å².